The van der Waals surface area contributed by atoms with Crippen LogP contribution < -0.4 is 5.32 Å². The molecule has 2 heterocycles. The van der Waals surface area contributed by atoms with Gasteiger partial charge in [-0.1, -0.05) is 12.5 Å². The SMILES string of the molecule is CN1C=Cc2cc(C3=CCC(C)(F)C(C#N)=C3)cc(NCC3CC[N-]C3)c2C1.[CH3-].[Os+]. The number of rotatable bonds is 4. The molecule has 2 unspecified atom stereocenters. The van der Waals surface area contributed by atoms with E-state index in [0.717, 1.165) is 49.4 Å². The number of alkyl halides is 1. The molecule has 1 N–H and O–H groups in total. The molecule has 1 aliphatic carbocycles. The van der Waals surface area contributed by atoms with Crippen molar-refractivity contribution in [3.63, 3.8) is 0 Å². The largest absolute Gasteiger partial charge is 1.00 e. The van der Waals surface area contributed by atoms with Crippen LogP contribution in [0.3, 0.4) is 0 Å². The molecule has 1 fully saturated rings. The van der Waals surface area contributed by atoms with Gasteiger partial charge in [0, 0.05) is 37.8 Å². The Labute approximate surface area is 193 Å². The minimum Gasteiger partial charge on any atom is -0.662 e. The molecule has 1 aromatic carbocycles. The molecule has 4 rings (SSSR count). The Hall–Kier alpha value is -1.94. The molecule has 1 radical (unpaired) electrons. The summed E-state index contributed by atoms with van der Waals surface area (Å²) in [4.78, 5) is 2.17. The molecule has 161 valence electrons. The number of anilines is 1. The van der Waals surface area contributed by atoms with Crippen molar-refractivity contribution in [3.8, 4) is 6.07 Å². The van der Waals surface area contributed by atoms with Gasteiger partial charge in [0.25, 0.3) is 0 Å². The molecule has 0 saturated carbocycles. The van der Waals surface area contributed by atoms with Crippen molar-refractivity contribution >= 4 is 17.3 Å². The summed E-state index contributed by atoms with van der Waals surface area (Å²) in [6.45, 7) is 5.13. The summed E-state index contributed by atoms with van der Waals surface area (Å²) < 4.78 is 14.5. The summed E-state index contributed by atoms with van der Waals surface area (Å²) in [6, 6.07) is 6.33. The van der Waals surface area contributed by atoms with Gasteiger partial charge >= 0.3 is 19.8 Å². The second-order valence-corrected chi connectivity index (χ2v) is 8.22. The van der Waals surface area contributed by atoms with Gasteiger partial charge in [0.15, 0.2) is 0 Å². The van der Waals surface area contributed by atoms with Gasteiger partial charge in [-0.15, -0.1) is 13.1 Å². The zero-order valence-corrected chi connectivity index (χ0v) is 20.4. The predicted molar refractivity (Wildman–Crippen MR) is 119 cm³/mol. The van der Waals surface area contributed by atoms with Crippen molar-refractivity contribution in [2.75, 3.05) is 32.0 Å². The summed E-state index contributed by atoms with van der Waals surface area (Å²) in [5.74, 6) is 0.586. The smallest absolute Gasteiger partial charge is 0.662 e. The van der Waals surface area contributed by atoms with E-state index in [1.54, 1.807) is 6.08 Å². The maximum atomic E-state index is 14.5. The molecule has 0 bridgehead atoms. The fourth-order valence-corrected chi connectivity index (χ4v) is 4.04. The Morgan fingerprint density at radius 3 is 2.90 bits per heavy atom. The van der Waals surface area contributed by atoms with E-state index in [-0.39, 0.29) is 39.2 Å². The Morgan fingerprint density at radius 2 is 2.20 bits per heavy atom. The number of allylic oxidation sites excluding steroid dienone is 4. The van der Waals surface area contributed by atoms with Gasteiger partial charge in [0.1, 0.15) is 5.67 Å². The maximum absolute atomic E-state index is 14.5. The van der Waals surface area contributed by atoms with Crippen LogP contribution in [0, 0.1) is 24.7 Å². The maximum Gasteiger partial charge on any atom is 1.00 e. The van der Waals surface area contributed by atoms with E-state index in [4.69, 9.17) is 0 Å². The first-order valence-corrected chi connectivity index (χ1v) is 9.90. The molecule has 30 heavy (non-hydrogen) atoms. The number of hydrogen-bond donors (Lipinski definition) is 1. The van der Waals surface area contributed by atoms with Crippen LogP contribution in [0.4, 0.5) is 10.1 Å². The number of nitrogens with one attached hydrogen (secondary N) is 1. The van der Waals surface area contributed by atoms with Crippen molar-refractivity contribution in [2.45, 2.75) is 32.0 Å². The quantitative estimate of drug-likeness (QED) is 0.489. The zero-order chi connectivity index (χ0) is 19.7. The van der Waals surface area contributed by atoms with Gasteiger partial charge < -0.3 is 23.0 Å². The van der Waals surface area contributed by atoms with Crippen LogP contribution in [0.1, 0.15) is 36.5 Å². The number of fused-ring (bicyclic) bond motifs is 1. The minimum atomic E-state index is -1.58. The van der Waals surface area contributed by atoms with Crippen LogP contribution in [0.15, 0.2) is 36.1 Å². The average molecular weight is 583 g/mol. The summed E-state index contributed by atoms with van der Waals surface area (Å²) >= 11 is 0. The average Bonchev–Trinajstić information content (AvgIpc) is 3.19. The third-order valence-electron chi connectivity index (χ3n) is 5.88. The molecule has 6 heteroatoms. The molecule has 2 atom stereocenters. The zero-order valence-electron chi connectivity index (χ0n) is 17.9. The van der Waals surface area contributed by atoms with Crippen LogP contribution in [-0.2, 0) is 26.3 Å². The van der Waals surface area contributed by atoms with E-state index in [1.807, 2.05) is 12.1 Å². The molecule has 1 aromatic rings. The van der Waals surface area contributed by atoms with Gasteiger partial charge in [0.05, 0.1) is 11.6 Å². The molecule has 1 saturated heterocycles. The minimum absolute atomic E-state index is 0. The molecule has 3 aliphatic rings. The Morgan fingerprint density at radius 1 is 1.40 bits per heavy atom. The number of nitrogens with zero attached hydrogens (tertiary/aromatic N) is 3. The standard InChI is InChI=1S/C23H26FN4.CH3.Os/c1-23(24)6-3-17(10-20(23)12-25)19-9-18-5-8-28(2)15-21(18)22(11-19)27-14-16-4-7-26-13-16;;/h3,5,8-11,16,27H,4,6-7,13-15H2,1-2H3;1H3;/q2*-1;+1. The van der Waals surface area contributed by atoms with Crippen LogP contribution in [0.5, 0.6) is 0 Å². The van der Waals surface area contributed by atoms with Crippen molar-refractivity contribution in [1.29, 1.82) is 5.26 Å². The van der Waals surface area contributed by atoms with Gasteiger partial charge in [-0.3, -0.25) is 0 Å². The van der Waals surface area contributed by atoms with Crippen molar-refractivity contribution in [1.82, 2.24) is 4.90 Å². The first-order valence-electron chi connectivity index (χ1n) is 9.90. The third-order valence-corrected chi connectivity index (χ3v) is 5.88. The fourth-order valence-electron chi connectivity index (χ4n) is 4.04. The topological polar surface area (TPSA) is 53.2 Å². The van der Waals surface area contributed by atoms with Gasteiger partial charge in [-0.2, -0.15) is 5.26 Å². The summed E-state index contributed by atoms with van der Waals surface area (Å²) in [6.07, 6.45) is 9.17. The van der Waals surface area contributed by atoms with Crippen LogP contribution in [0.25, 0.3) is 17.0 Å². The van der Waals surface area contributed by atoms with E-state index < -0.39 is 5.67 Å². The van der Waals surface area contributed by atoms with Crippen LogP contribution in [-0.4, -0.2) is 37.3 Å². The molecule has 4 nitrogen and oxygen atoms in total. The molecule has 0 amide bonds. The summed E-state index contributed by atoms with van der Waals surface area (Å²) in [7, 11) is 2.07. The Kier molecular flexibility index (Phi) is 8.04. The van der Waals surface area contributed by atoms with Crippen LogP contribution in [0.2, 0.25) is 0 Å². The molecule has 2 aliphatic heterocycles. The van der Waals surface area contributed by atoms with Crippen molar-refractivity contribution < 1.29 is 24.2 Å². The number of benzene rings is 1. The molecular weight excluding hydrogens is 554 g/mol. The first kappa shape index (κ1) is 24.3. The second kappa shape index (κ2) is 9.91. The summed E-state index contributed by atoms with van der Waals surface area (Å²) in [5.41, 5.74) is 4.13. The Bertz CT molecular complexity index is 905. The van der Waals surface area contributed by atoms with E-state index in [9.17, 15) is 9.65 Å². The fraction of sp³-hybridized carbons (Fsp3) is 0.417. The normalized spacial score (nSPS) is 24.6. The van der Waals surface area contributed by atoms with E-state index in [1.165, 1.54) is 18.1 Å². The predicted octanol–water partition coefficient (Wildman–Crippen LogP) is 5.32. The van der Waals surface area contributed by atoms with E-state index in [2.05, 4.69) is 47.0 Å². The number of nitriles is 1. The van der Waals surface area contributed by atoms with E-state index >= 15 is 0 Å². The molecule has 0 spiro atoms. The third kappa shape index (κ3) is 5.03. The monoisotopic (exact) mass is 584 g/mol. The number of hydrogen-bond acceptors (Lipinski definition) is 3. The van der Waals surface area contributed by atoms with Gasteiger partial charge in [-0.25, -0.2) is 4.39 Å². The Balaban J connectivity index is 0.00000160. The summed E-state index contributed by atoms with van der Waals surface area (Å²) in [5, 5.41) is 17.5. The van der Waals surface area contributed by atoms with Gasteiger partial charge in [0.2, 0.25) is 0 Å². The van der Waals surface area contributed by atoms with Crippen molar-refractivity contribution in [2.24, 2.45) is 5.92 Å². The molecule has 0 aromatic heterocycles. The number of halogens is 1. The van der Waals surface area contributed by atoms with Gasteiger partial charge in [-0.05, 0) is 60.0 Å². The van der Waals surface area contributed by atoms with Crippen LogP contribution >= 0.6 is 0 Å². The van der Waals surface area contributed by atoms with Crippen molar-refractivity contribution in [3.05, 3.63) is 65.5 Å². The second-order valence-electron chi connectivity index (χ2n) is 8.22. The molecular formula is C24H29FN4Os-. The first-order chi connectivity index (χ1) is 13.5. The van der Waals surface area contributed by atoms with E-state index in [0.29, 0.717) is 5.92 Å².